The summed E-state index contributed by atoms with van der Waals surface area (Å²) in [6.07, 6.45) is -4.67. The van der Waals surface area contributed by atoms with E-state index in [1.807, 2.05) is 0 Å². The average molecular weight is 382 g/mol. The molecule has 0 radical (unpaired) electrons. The topological polar surface area (TPSA) is 29.1 Å². The molecule has 0 spiro atoms. The Bertz CT molecular complexity index is 668. The van der Waals surface area contributed by atoms with Crippen LogP contribution in [0.15, 0.2) is 33.4 Å². The van der Waals surface area contributed by atoms with E-state index in [4.69, 9.17) is 0 Å². The molecule has 1 heterocycles. The number of rotatable bonds is 3. The molecule has 0 unspecified atom stereocenters. The fourth-order valence-corrected chi connectivity index (χ4v) is 2.81. The first-order chi connectivity index (χ1) is 9.77. The normalized spacial score (nSPS) is 11.5. The van der Waals surface area contributed by atoms with Gasteiger partial charge in [-0.25, -0.2) is 4.39 Å². The van der Waals surface area contributed by atoms with E-state index in [2.05, 4.69) is 21.2 Å². The highest BCUT2D eigenvalue weighted by Gasteiger charge is 2.33. The van der Waals surface area contributed by atoms with Crippen LogP contribution in [0.5, 0.6) is 0 Å². The Morgan fingerprint density at radius 2 is 2.00 bits per heavy atom. The molecule has 0 saturated carbocycles. The number of hydrogen-bond donors (Lipinski definition) is 1. The van der Waals surface area contributed by atoms with E-state index in [-0.39, 0.29) is 12.1 Å². The molecule has 112 valence electrons. The van der Waals surface area contributed by atoms with Crippen molar-refractivity contribution in [1.29, 1.82) is 0 Å². The minimum Gasteiger partial charge on any atom is -0.348 e. The molecule has 0 bridgehead atoms. The number of amides is 1. The van der Waals surface area contributed by atoms with Crippen LogP contribution in [0.25, 0.3) is 0 Å². The lowest BCUT2D eigenvalue weighted by Gasteiger charge is -2.13. The molecule has 0 fully saturated rings. The molecule has 1 aromatic carbocycles. The molecule has 0 aliphatic carbocycles. The van der Waals surface area contributed by atoms with Crippen molar-refractivity contribution in [2.45, 2.75) is 12.7 Å². The van der Waals surface area contributed by atoms with Gasteiger partial charge in [0.1, 0.15) is 5.82 Å². The van der Waals surface area contributed by atoms with E-state index in [9.17, 15) is 22.4 Å². The second-order valence-electron chi connectivity index (χ2n) is 4.12. The minimum atomic E-state index is -4.67. The Morgan fingerprint density at radius 3 is 2.57 bits per heavy atom. The number of nitrogens with one attached hydrogen (secondary N) is 1. The summed E-state index contributed by atoms with van der Waals surface area (Å²) in [5.74, 6) is -1.46. The lowest BCUT2D eigenvalue weighted by molar-refractivity contribution is -0.138. The molecular weight excluding hydrogens is 374 g/mol. The van der Waals surface area contributed by atoms with E-state index in [1.54, 1.807) is 11.4 Å². The van der Waals surface area contributed by atoms with Crippen molar-refractivity contribution in [1.82, 2.24) is 5.32 Å². The van der Waals surface area contributed by atoms with Gasteiger partial charge in [-0.05, 0) is 39.7 Å². The summed E-state index contributed by atoms with van der Waals surface area (Å²) >= 11 is 4.48. The van der Waals surface area contributed by atoms with Gasteiger partial charge < -0.3 is 5.32 Å². The van der Waals surface area contributed by atoms with Crippen molar-refractivity contribution in [2.24, 2.45) is 0 Å². The van der Waals surface area contributed by atoms with Gasteiger partial charge >= 0.3 is 6.18 Å². The lowest BCUT2D eigenvalue weighted by Crippen LogP contribution is -2.24. The largest absolute Gasteiger partial charge is 0.416 e. The quantitative estimate of drug-likeness (QED) is 0.773. The highest BCUT2D eigenvalue weighted by atomic mass is 79.9. The maximum absolute atomic E-state index is 13.0. The zero-order chi connectivity index (χ0) is 15.6. The summed E-state index contributed by atoms with van der Waals surface area (Å²) in [5.41, 5.74) is -0.927. The predicted octanol–water partition coefficient (Wildman–Crippen LogP) is 4.60. The molecule has 21 heavy (non-hydrogen) atoms. The van der Waals surface area contributed by atoms with Crippen molar-refractivity contribution in [3.05, 3.63) is 55.9 Å². The Balaban J connectivity index is 2.15. The van der Waals surface area contributed by atoms with Crippen molar-refractivity contribution in [2.75, 3.05) is 0 Å². The van der Waals surface area contributed by atoms with Crippen LogP contribution in [0.2, 0.25) is 0 Å². The van der Waals surface area contributed by atoms with Gasteiger partial charge in [0.25, 0.3) is 5.91 Å². The maximum Gasteiger partial charge on any atom is 0.416 e. The third-order valence-corrected chi connectivity index (χ3v) is 4.15. The third kappa shape index (κ3) is 4.04. The van der Waals surface area contributed by atoms with Crippen molar-refractivity contribution < 1.29 is 22.4 Å². The minimum absolute atomic E-state index is 0.188. The van der Waals surface area contributed by atoms with Gasteiger partial charge in [0.2, 0.25) is 0 Å². The second-order valence-corrected chi connectivity index (χ2v) is 6.41. The molecule has 0 aliphatic heterocycles. The van der Waals surface area contributed by atoms with Crippen LogP contribution in [0.1, 0.15) is 21.5 Å². The van der Waals surface area contributed by atoms with Crippen LogP contribution in [-0.4, -0.2) is 5.91 Å². The van der Waals surface area contributed by atoms with Crippen LogP contribution >= 0.6 is 27.3 Å². The number of carbonyl (C=O) groups is 1. The van der Waals surface area contributed by atoms with Crippen LogP contribution in [0.4, 0.5) is 17.6 Å². The Kier molecular flexibility index (Phi) is 4.67. The fourth-order valence-electron chi connectivity index (χ4n) is 1.67. The van der Waals surface area contributed by atoms with Crippen LogP contribution in [0, 0.1) is 5.82 Å². The summed E-state index contributed by atoms with van der Waals surface area (Å²) in [6.45, 7) is -0.332. The number of benzene rings is 1. The summed E-state index contributed by atoms with van der Waals surface area (Å²) in [6, 6.07) is 3.93. The summed E-state index contributed by atoms with van der Waals surface area (Å²) < 4.78 is 52.1. The standard InChI is InChI=1S/C13H8BrF4NOS/c14-11-3-8(6-21-11)12(20)19-5-7-1-2-9(15)4-10(7)13(16,17)18/h1-4,6H,5H2,(H,19,20). The first-order valence-electron chi connectivity index (χ1n) is 5.65. The number of thiophene rings is 1. The Labute approximate surface area is 129 Å². The van der Waals surface area contributed by atoms with E-state index in [0.29, 0.717) is 11.6 Å². The van der Waals surface area contributed by atoms with Crippen molar-refractivity contribution in [3.63, 3.8) is 0 Å². The van der Waals surface area contributed by atoms with Gasteiger partial charge in [-0.3, -0.25) is 4.79 Å². The SMILES string of the molecule is O=C(NCc1ccc(F)cc1C(F)(F)F)c1csc(Br)c1. The monoisotopic (exact) mass is 381 g/mol. The van der Waals surface area contributed by atoms with Gasteiger partial charge in [0.05, 0.1) is 14.9 Å². The van der Waals surface area contributed by atoms with Gasteiger partial charge in [-0.15, -0.1) is 11.3 Å². The zero-order valence-corrected chi connectivity index (χ0v) is 12.7. The highest BCUT2D eigenvalue weighted by Crippen LogP contribution is 2.32. The van der Waals surface area contributed by atoms with Crippen LogP contribution in [0.3, 0.4) is 0 Å². The molecule has 2 rings (SSSR count). The van der Waals surface area contributed by atoms with Crippen LogP contribution in [-0.2, 0) is 12.7 Å². The molecular formula is C13H8BrF4NOS. The van der Waals surface area contributed by atoms with Crippen molar-refractivity contribution >= 4 is 33.2 Å². The molecule has 8 heteroatoms. The Hall–Kier alpha value is -1.41. The van der Waals surface area contributed by atoms with E-state index in [0.717, 1.165) is 15.9 Å². The molecule has 0 aliphatic rings. The third-order valence-electron chi connectivity index (χ3n) is 2.65. The number of carbonyl (C=O) groups excluding carboxylic acids is 1. The van der Waals surface area contributed by atoms with Crippen LogP contribution < -0.4 is 5.32 Å². The molecule has 1 aromatic heterocycles. The fraction of sp³-hybridized carbons (Fsp3) is 0.154. The van der Waals surface area contributed by atoms with E-state index >= 15 is 0 Å². The number of halogens is 5. The lowest BCUT2D eigenvalue weighted by atomic mass is 10.1. The van der Waals surface area contributed by atoms with E-state index < -0.39 is 23.5 Å². The number of alkyl halides is 3. The molecule has 0 atom stereocenters. The van der Waals surface area contributed by atoms with Gasteiger partial charge in [-0.2, -0.15) is 13.2 Å². The second kappa shape index (κ2) is 6.15. The molecule has 1 N–H and O–H groups in total. The molecule has 2 nitrogen and oxygen atoms in total. The molecule has 0 saturated heterocycles. The highest BCUT2D eigenvalue weighted by molar-refractivity contribution is 9.11. The summed E-state index contributed by atoms with van der Waals surface area (Å²) in [4.78, 5) is 11.8. The Morgan fingerprint density at radius 1 is 1.29 bits per heavy atom. The summed E-state index contributed by atoms with van der Waals surface area (Å²) in [7, 11) is 0. The zero-order valence-electron chi connectivity index (χ0n) is 10.3. The smallest absolute Gasteiger partial charge is 0.348 e. The van der Waals surface area contributed by atoms with Gasteiger partial charge in [-0.1, -0.05) is 6.07 Å². The van der Waals surface area contributed by atoms with Gasteiger partial charge in [0, 0.05) is 11.9 Å². The maximum atomic E-state index is 13.0. The summed E-state index contributed by atoms with van der Waals surface area (Å²) in [5, 5.41) is 3.96. The van der Waals surface area contributed by atoms with E-state index in [1.165, 1.54) is 11.3 Å². The van der Waals surface area contributed by atoms with Gasteiger partial charge in [0.15, 0.2) is 0 Å². The number of hydrogen-bond acceptors (Lipinski definition) is 2. The average Bonchev–Trinajstić information content (AvgIpc) is 2.82. The van der Waals surface area contributed by atoms with Crippen molar-refractivity contribution in [3.8, 4) is 0 Å². The predicted molar refractivity (Wildman–Crippen MR) is 74.6 cm³/mol. The first-order valence-corrected chi connectivity index (χ1v) is 7.32. The molecule has 2 aromatic rings. The molecule has 1 amide bonds. The first kappa shape index (κ1) is 16.0.